The molecule has 1 heterocycles. The Balaban J connectivity index is 2.64. The highest BCUT2D eigenvalue weighted by Gasteiger charge is 2.10. The number of rotatable bonds is 2. The van der Waals surface area contributed by atoms with Crippen LogP contribution in [0.25, 0.3) is 11.3 Å². The van der Waals surface area contributed by atoms with Gasteiger partial charge in [-0.05, 0) is 30.7 Å². The third-order valence-electron chi connectivity index (χ3n) is 2.31. The molecule has 2 radical (unpaired) electrons. The number of nitrogens with zero attached hydrogens (tertiary/aromatic N) is 1. The lowest BCUT2D eigenvalue weighted by molar-refractivity contribution is 0.586. The van der Waals surface area contributed by atoms with E-state index in [0.717, 1.165) is 16.8 Å². The van der Waals surface area contributed by atoms with Gasteiger partial charge in [-0.1, -0.05) is 6.07 Å². The molecule has 0 N–H and O–H groups in total. The molecular formula is C12H9AlFNO. The third kappa shape index (κ3) is 2.09. The molecule has 0 aliphatic carbocycles. The molecule has 0 fully saturated rings. The normalized spacial score (nSPS) is 10.1. The van der Waals surface area contributed by atoms with Crippen molar-refractivity contribution in [3.63, 3.8) is 0 Å². The van der Waals surface area contributed by atoms with Crippen LogP contribution in [0.1, 0.15) is 5.56 Å². The predicted molar refractivity (Wildman–Crippen MR) is 60.8 cm³/mol. The molecule has 1 aromatic heterocycles. The van der Waals surface area contributed by atoms with Crippen LogP contribution in [0.4, 0.5) is 4.39 Å². The van der Waals surface area contributed by atoms with Gasteiger partial charge in [0.15, 0.2) is 0 Å². The SMILES string of the molecule is Cc1cc(F)cc([O][Al])c1-c1ccccn1. The number of benzene rings is 1. The summed E-state index contributed by atoms with van der Waals surface area (Å²) in [6.07, 6.45) is 1.70. The summed E-state index contributed by atoms with van der Waals surface area (Å²) in [7, 11) is 0. The summed E-state index contributed by atoms with van der Waals surface area (Å²) in [5.74, 6) is 0.163. The van der Waals surface area contributed by atoms with E-state index in [1.165, 1.54) is 12.1 Å². The Morgan fingerprint density at radius 1 is 1.31 bits per heavy atom. The summed E-state index contributed by atoms with van der Waals surface area (Å²) in [4.78, 5) is 4.24. The van der Waals surface area contributed by atoms with Gasteiger partial charge in [-0.15, -0.1) is 0 Å². The lowest BCUT2D eigenvalue weighted by Crippen LogP contribution is -1.95. The molecule has 0 spiro atoms. The summed E-state index contributed by atoms with van der Waals surface area (Å²) in [5, 5.41) is 0. The van der Waals surface area contributed by atoms with Crippen LogP contribution in [0.2, 0.25) is 0 Å². The smallest absolute Gasteiger partial charge is 0.482 e. The molecule has 2 rings (SSSR count). The van der Waals surface area contributed by atoms with Gasteiger partial charge in [-0.25, -0.2) is 4.39 Å². The van der Waals surface area contributed by atoms with Gasteiger partial charge in [0.05, 0.1) is 11.4 Å². The Hall–Kier alpha value is -1.37. The van der Waals surface area contributed by atoms with Gasteiger partial charge in [-0.3, -0.25) is 4.98 Å². The van der Waals surface area contributed by atoms with Gasteiger partial charge in [0.25, 0.3) is 0 Å². The number of aryl methyl sites for hydroxylation is 1. The maximum absolute atomic E-state index is 13.2. The van der Waals surface area contributed by atoms with Crippen molar-refractivity contribution in [3.8, 4) is 17.0 Å². The highest BCUT2D eigenvalue weighted by molar-refractivity contribution is 6.00. The third-order valence-corrected chi connectivity index (χ3v) is 2.57. The molecule has 1 aromatic carbocycles. The van der Waals surface area contributed by atoms with E-state index in [2.05, 4.69) is 21.6 Å². The molecule has 0 bridgehead atoms. The summed E-state index contributed by atoms with van der Waals surface area (Å²) in [6.45, 7) is 1.83. The number of hydrogen-bond acceptors (Lipinski definition) is 2. The quantitative estimate of drug-likeness (QED) is 0.738. The number of halogens is 1. The molecule has 2 aromatic rings. The second-order valence-corrected chi connectivity index (χ2v) is 3.66. The molecule has 0 aliphatic heterocycles. The van der Waals surface area contributed by atoms with Crippen molar-refractivity contribution in [2.24, 2.45) is 0 Å². The highest BCUT2D eigenvalue weighted by atomic mass is 27.1. The van der Waals surface area contributed by atoms with Gasteiger partial charge in [0, 0.05) is 17.8 Å². The summed E-state index contributed by atoms with van der Waals surface area (Å²) >= 11 is 2.13. The van der Waals surface area contributed by atoms with E-state index in [1.807, 2.05) is 25.1 Å². The van der Waals surface area contributed by atoms with E-state index >= 15 is 0 Å². The molecule has 0 amide bonds. The first-order valence-corrected chi connectivity index (χ1v) is 5.28. The monoisotopic (exact) mass is 229 g/mol. The van der Waals surface area contributed by atoms with Crippen molar-refractivity contribution in [3.05, 3.63) is 47.9 Å². The zero-order valence-electron chi connectivity index (χ0n) is 8.77. The maximum Gasteiger partial charge on any atom is 0.482 e. The summed E-state index contributed by atoms with van der Waals surface area (Å²) in [5.41, 5.74) is 2.39. The first-order chi connectivity index (χ1) is 7.72. The van der Waals surface area contributed by atoms with Crippen LogP contribution in [0, 0.1) is 12.7 Å². The van der Waals surface area contributed by atoms with Crippen LogP contribution in [-0.2, 0) is 0 Å². The van der Waals surface area contributed by atoms with Crippen molar-refractivity contribution in [2.75, 3.05) is 0 Å². The fourth-order valence-electron chi connectivity index (χ4n) is 1.64. The molecule has 78 valence electrons. The first-order valence-electron chi connectivity index (χ1n) is 4.80. The topological polar surface area (TPSA) is 22.1 Å². The zero-order valence-corrected chi connectivity index (χ0v) is 9.93. The van der Waals surface area contributed by atoms with Crippen molar-refractivity contribution >= 4 is 16.6 Å². The molecule has 0 atom stereocenters. The van der Waals surface area contributed by atoms with Gasteiger partial charge < -0.3 is 3.79 Å². The Bertz CT molecular complexity index is 502. The minimum atomic E-state index is -0.311. The predicted octanol–water partition coefficient (Wildman–Crippen LogP) is 2.66. The van der Waals surface area contributed by atoms with Crippen LogP contribution in [0.3, 0.4) is 0 Å². The second-order valence-electron chi connectivity index (χ2n) is 3.43. The van der Waals surface area contributed by atoms with Crippen molar-refractivity contribution in [1.82, 2.24) is 4.98 Å². The Morgan fingerprint density at radius 3 is 2.75 bits per heavy atom. The van der Waals surface area contributed by atoms with Crippen LogP contribution < -0.4 is 3.79 Å². The minimum Gasteiger partial charge on any atom is -0.653 e. The maximum atomic E-state index is 13.2. The van der Waals surface area contributed by atoms with Gasteiger partial charge in [-0.2, -0.15) is 0 Å². The van der Waals surface area contributed by atoms with E-state index in [0.29, 0.717) is 5.75 Å². The fourth-order valence-corrected chi connectivity index (χ4v) is 1.83. The molecule has 0 saturated heterocycles. The van der Waals surface area contributed by atoms with E-state index in [-0.39, 0.29) is 5.82 Å². The minimum absolute atomic E-state index is 0.311. The van der Waals surface area contributed by atoms with Gasteiger partial charge in [0.2, 0.25) is 0 Å². The molecule has 4 heteroatoms. The van der Waals surface area contributed by atoms with E-state index in [1.54, 1.807) is 6.20 Å². The van der Waals surface area contributed by atoms with Crippen molar-refractivity contribution < 1.29 is 8.18 Å². The average Bonchev–Trinajstić information content (AvgIpc) is 2.29. The number of hydrogen-bond donors (Lipinski definition) is 0. The molecule has 2 nitrogen and oxygen atoms in total. The Labute approximate surface area is 102 Å². The Morgan fingerprint density at radius 2 is 2.12 bits per heavy atom. The summed E-state index contributed by atoms with van der Waals surface area (Å²) < 4.78 is 18.3. The molecule has 0 aliphatic rings. The fraction of sp³-hybridized carbons (Fsp3) is 0.0833. The molecular weight excluding hydrogens is 220 g/mol. The van der Waals surface area contributed by atoms with E-state index < -0.39 is 0 Å². The van der Waals surface area contributed by atoms with Crippen LogP contribution in [-0.4, -0.2) is 21.6 Å². The highest BCUT2D eigenvalue weighted by Crippen LogP contribution is 2.32. The Kier molecular flexibility index (Phi) is 3.23. The number of aromatic nitrogens is 1. The van der Waals surface area contributed by atoms with E-state index in [4.69, 9.17) is 3.79 Å². The second kappa shape index (κ2) is 4.65. The van der Waals surface area contributed by atoms with Crippen molar-refractivity contribution in [1.29, 1.82) is 0 Å². The van der Waals surface area contributed by atoms with Crippen LogP contribution >= 0.6 is 0 Å². The largest absolute Gasteiger partial charge is 0.653 e. The summed E-state index contributed by atoms with van der Waals surface area (Å²) in [6, 6.07) is 8.41. The van der Waals surface area contributed by atoms with Gasteiger partial charge >= 0.3 is 16.6 Å². The number of pyridine rings is 1. The average molecular weight is 229 g/mol. The molecule has 0 saturated carbocycles. The van der Waals surface area contributed by atoms with Crippen LogP contribution in [0.15, 0.2) is 36.5 Å². The molecule has 16 heavy (non-hydrogen) atoms. The standard InChI is InChI=1S/C12H10FNO.Al/c1-8-6-9(13)7-11(15)12(8)10-4-2-3-5-14-10;/h2-7,15H,1H3;/q;+1/p-1. The zero-order chi connectivity index (χ0) is 11.5. The lowest BCUT2D eigenvalue weighted by atomic mass is 10.0. The van der Waals surface area contributed by atoms with Crippen molar-refractivity contribution in [2.45, 2.75) is 6.92 Å². The van der Waals surface area contributed by atoms with E-state index in [9.17, 15) is 4.39 Å². The first kappa shape index (κ1) is 11.1. The lowest BCUT2D eigenvalue weighted by Gasteiger charge is -2.13. The van der Waals surface area contributed by atoms with Gasteiger partial charge in [0.1, 0.15) is 5.82 Å². The molecule has 0 unspecified atom stereocenters. The van der Waals surface area contributed by atoms with Crippen LogP contribution in [0.5, 0.6) is 5.75 Å².